The van der Waals surface area contributed by atoms with Crippen molar-refractivity contribution in [1.82, 2.24) is 9.88 Å². The van der Waals surface area contributed by atoms with Crippen LogP contribution in [0, 0.1) is 12.8 Å². The molecule has 0 bridgehead atoms. The Morgan fingerprint density at radius 2 is 2.24 bits per heavy atom. The Morgan fingerprint density at radius 3 is 2.71 bits per heavy atom. The fraction of sp³-hybridized carbons (Fsp3) is 0.667. The first-order valence-electron chi connectivity index (χ1n) is 5.81. The monoisotopic (exact) mass is 255 g/mol. The van der Waals surface area contributed by atoms with Crippen LogP contribution < -0.4 is 5.73 Å². The highest BCUT2D eigenvalue weighted by Crippen LogP contribution is 2.15. The normalized spacial score (nSPS) is 12.8. The summed E-state index contributed by atoms with van der Waals surface area (Å²) in [7, 11) is 1.79. The number of amides is 1. The van der Waals surface area contributed by atoms with Crippen LogP contribution in [0.15, 0.2) is 5.51 Å². The number of carbonyl (C=O) groups excluding carboxylic acids is 1. The maximum atomic E-state index is 12.0. The Bertz CT molecular complexity index is 376. The lowest BCUT2D eigenvalue weighted by Gasteiger charge is -2.22. The van der Waals surface area contributed by atoms with Gasteiger partial charge in [0.1, 0.15) is 0 Å². The van der Waals surface area contributed by atoms with Crippen LogP contribution in [0.4, 0.5) is 0 Å². The van der Waals surface area contributed by atoms with Crippen molar-refractivity contribution in [1.29, 1.82) is 0 Å². The third-order valence-corrected chi connectivity index (χ3v) is 3.56. The molecule has 0 aromatic carbocycles. The van der Waals surface area contributed by atoms with Gasteiger partial charge in [0.2, 0.25) is 5.91 Å². The lowest BCUT2D eigenvalue weighted by atomic mass is 10.0. The van der Waals surface area contributed by atoms with Gasteiger partial charge in [-0.15, -0.1) is 11.3 Å². The van der Waals surface area contributed by atoms with Gasteiger partial charge in [-0.3, -0.25) is 4.79 Å². The number of hydrogen-bond donors (Lipinski definition) is 1. The van der Waals surface area contributed by atoms with E-state index in [0.717, 1.165) is 17.0 Å². The van der Waals surface area contributed by atoms with Crippen LogP contribution >= 0.6 is 11.3 Å². The van der Waals surface area contributed by atoms with Crippen molar-refractivity contribution in [3.05, 3.63) is 16.1 Å². The van der Waals surface area contributed by atoms with E-state index < -0.39 is 6.04 Å². The first-order chi connectivity index (χ1) is 7.91. The molecule has 0 saturated heterocycles. The summed E-state index contributed by atoms with van der Waals surface area (Å²) in [6.45, 7) is 6.69. The molecular formula is C12H21N3OS. The minimum absolute atomic E-state index is 0.00602. The Balaban J connectivity index is 2.55. The quantitative estimate of drug-likeness (QED) is 0.872. The molecule has 0 aliphatic heterocycles. The van der Waals surface area contributed by atoms with Crippen LogP contribution in [-0.4, -0.2) is 28.9 Å². The number of aryl methyl sites for hydroxylation is 1. The molecule has 1 atom stereocenters. The van der Waals surface area contributed by atoms with Crippen LogP contribution in [0.3, 0.4) is 0 Å². The molecule has 4 nitrogen and oxygen atoms in total. The Kier molecular flexibility index (Phi) is 5.08. The second-order valence-corrected chi connectivity index (χ2v) is 5.73. The maximum absolute atomic E-state index is 12.0. The highest BCUT2D eigenvalue weighted by atomic mass is 32.1. The molecule has 0 aliphatic rings. The zero-order chi connectivity index (χ0) is 13.0. The fourth-order valence-electron chi connectivity index (χ4n) is 1.66. The van der Waals surface area contributed by atoms with Crippen molar-refractivity contribution in [2.24, 2.45) is 11.7 Å². The van der Waals surface area contributed by atoms with Crippen LogP contribution in [-0.2, 0) is 11.3 Å². The van der Waals surface area contributed by atoms with Gasteiger partial charge in [-0.05, 0) is 19.3 Å². The van der Waals surface area contributed by atoms with E-state index in [1.54, 1.807) is 28.8 Å². The molecule has 96 valence electrons. The fourth-order valence-corrected chi connectivity index (χ4v) is 2.49. The second-order valence-electron chi connectivity index (χ2n) is 4.79. The van der Waals surface area contributed by atoms with Gasteiger partial charge < -0.3 is 10.6 Å². The molecule has 0 radical (unpaired) electrons. The first kappa shape index (κ1) is 14.1. The Labute approximate surface area is 107 Å². The zero-order valence-corrected chi connectivity index (χ0v) is 11.8. The molecule has 1 rings (SSSR count). The summed E-state index contributed by atoms with van der Waals surface area (Å²) < 4.78 is 0. The van der Waals surface area contributed by atoms with Crippen molar-refractivity contribution < 1.29 is 4.79 Å². The highest BCUT2D eigenvalue weighted by molar-refractivity contribution is 7.09. The van der Waals surface area contributed by atoms with Gasteiger partial charge in [-0.25, -0.2) is 4.98 Å². The molecule has 1 unspecified atom stereocenters. The van der Waals surface area contributed by atoms with Gasteiger partial charge in [0.15, 0.2) is 0 Å². The predicted octanol–water partition coefficient (Wildman–Crippen LogP) is 1.78. The van der Waals surface area contributed by atoms with Crippen molar-refractivity contribution >= 4 is 17.2 Å². The van der Waals surface area contributed by atoms with Crippen molar-refractivity contribution in [3.63, 3.8) is 0 Å². The third-order valence-electron chi connectivity index (χ3n) is 2.64. The summed E-state index contributed by atoms with van der Waals surface area (Å²) in [5.41, 5.74) is 8.68. The van der Waals surface area contributed by atoms with E-state index in [-0.39, 0.29) is 5.91 Å². The number of hydrogen-bond acceptors (Lipinski definition) is 4. The van der Waals surface area contributed by atoms with Crippen LogP contribution in [0.2, 0.25) is 0 Å². The van der Waals surface area contributed by atoms with E-state index in [1.807, 2.05) is 6.92 Å². The average Bonchev–Trinajstić information content (AvgIpc) is 2.62. The minimum atomic E-state index is -0.395. The van der Waals surface area contributed by atoms with Gasteiger partial charge in [0, 0.05) is 11.9 Å². The zero-order valence-electron chi connectivity index (χ0n) is 10.9. The van der Waals surface area contributed by atoms with E-state index >= 15 is 0 Å². The molecule has 2 N–H and O–H groups in total. The van der Waals surface area contributed by atoms with Crippen LogP contribution in [0.1, 0.15) is 30.8 Å². The first-order valence-corrected chi connectivity index (χ1v) is 6.69. The van der Waals surface area contributed by atoms with Gasteiger partial charge in [-0.1, -0.05) is 13.8 Å². The van der Waals surface area contributed by atoms with Crippen molar-refractivity contribution in [2.45, 2.75) is 39.8 Å². The van der Waals surface area contributed by atoms with Crippen molar-refractivity contribution in [2.75, 3.05) is 7.05 Å². The Morgan fingerprint density at radius 1 is 1.59 bits per heavy atom. The average molecular weight is 255 g/mol. The van der Waals surface area contributed by atoms with Gasteiger partial charge >= 0.3 is 0 Å². The number of carbonyl (C=O) groups is 1. The molecule has 1 aromatic heterocycles. The van der Waals surface area contributed by atoms with E-state index in [2.05, 4.69) is 18.8 Å². The van der Waals surface area contributed by atoms with E-state index in [4.69, 9.17) is 5.73 Å². The molecule has 1 heterocycles. The Hall–Kier alpha value is -0.940. The van der Waals surface area contributed by atoms with Crippen LogP contribution in [0.5, 0.6) is 0 Å². The van der Waals surface area contributed by atoms with E-state index in [9.17, 15) is 4.79 Å². The molecule has 1 aromatic rings. The summed E-state index contributed by atoms with van der Waals surface area (Å²) in [5.74, 6) is 0.444. The van der Waals surface area contributed by atoms with Crippen molar-refractivity contribution in [3.8, 4) is 0 Å². The highest BCUT2D eigenvalue weighted by Gasteiger charge is 2.19. The molecule has 0 spiro atoms. The number of thiazole rings is 1. The van der Waals surface area contributed by atoms with E-state index in [0.29, 0.717) is 12.5 Å². The molecule has 0 aliphatic carbocycles. The SMILES string of the molecule is Cc1ncsc1CN(C)C(=O)C(N)CC(C)C. The minimum Gasteiger partial charge on any atom is -0.339 e. The smallest absolute Gasteiger partial charge is 0.239 e. The predicted molar refractivity (Wildman–Crippen MR) is 70.8 cm³/mol. The van der Waals surface area contributed by atoms with Gasteiger partial charge in [0.25, 0.3) is 0 Å². The van der Waals surface area contributed by atoms with Gasteiger partial charge in [-0.2, -0.15) is 0 Å². The second kappa shape index (κ2) is 6.12. The molecule has 1 amide bonds. The van der Waals surface area contributed by atoms with E-state index in [1.165, 1.54) is 0 Å². The number of nitrogens with zero attached hydrogens (tertiary/aromatic N) is 2. The molecular weight excluding hydrogens is 234 g/mol. The third kappa shape index (κ3) is 4.09. The lowest BCUT2D eigenvalue weighted by molar-refractivity contribution is -0.132. The number of nitrogens with two attached hydrogens (primary N) is 1. The maximum Gasteiger partial charge on any atom is 0.239 e. The molecule has 17 heavy (non-hydrogen) atoms. The summed E-state index contributed by atoms with van der Waals surface area (Å²) >= 11 is 1.58. The molecule has 0 saturated carbocycles. The number of rotatable bonds is 5. The standard InChI is InChI=1S/C12H21N3OS/c1-8(2)5-10(13)12(16)15(4)6-11-9(3)14-7-17-11/h7-8,10H,5-6,13H2,1-4H3. The summed E-state index contributed by atoms with van der Waals surface area (Å²) in [6.07, 6.45) is 0.727. The summed E-state index contributed by atoms with van der Waals surface area (Å²) in [4.78, 5) is 19.0. The lowest BCUT2D eigenvalue weighted by Crippen LogP contribution is -2.42. The van der Waals surface area contributed by atoms with Gasteiger partial charge in [0.05, 0.1) is 23.8 Å². The van der Waals surface area contributed by atoms with Crippen LogP contribution in [0.25, 0.3) is 0 Å². The molecule has 5 heteroatoms. The number of aromatic nitrogens is 1. The molecule has 0 fully saturated rings. The largest absolute Gasteiger partial charge is 0.339 e. The summed E-state index contributed by atoms with van der Waals surface area (Å²) in [6, 6.07) is -0.395. The topological polar surface area (TPSA) is 59.2 Å². The summed E-state index contributed by atoms with van der Waals surface area (Å²) in [5, 5.41) is 0. The number of likely N-dealkylation sites (N-methyl/N-ethyl adjacent to an activating group) is 1.